The predicted octanol–water partition coefficient (Wildman–Crippen LogP) is 3.29. The molecule has 2 unspecified atom stereocenters. The van der Waals surface area contributed by atoms with Crippen molar-refractivity contribution in [3.63, 3.8) is 0 Å². The third kappa shape index (κ3) is 3.22. The molecule has 2 rings (SSSR count). The largest absolute Gasteiger partial charge is 0.312 e. The molecule has 3 nitrogen and oxygen atoms in total. The molecule has 1 N–H and O–H groups in total. The van der Waals surface area contributed by atoms with Crippen LogP contribution in [0.25, 0.3) is 0 Å². The molecule has 118 valence electrons. The van der Waals surface area contributed by atoms with Crippen molar-refractivity contribution in [3.05, 3.63) is 0 Å². The van der Waals surface area contributed by atoms with Gasteiger partial charge in [0.15, 0.2) is 9.84 Å². The summed E-state index contributed by atoms with van der Waals surface area (Å²) in [6.45, 7) is 7.38. The van der Waals surface area contributed by atoms with Crippen LogP contribution < -0.4 is 5.32 Å². The van der Waals surface area contributed by atoms with Gasteiger partial charge < -0.3 is 5.32 Å². The third-order valence-electron chi connectivity index (χ3n) is 5.39. The predicted molar refractivity (Wildman–Crippen MR) is 84.7 cm³/mol. The summed E-state index contributed by atoms with van der Waals surface area (Å²) in [5.74, 6) is 0. The van der Waals surface area contributed by atoms with Gasteiger partial charge in [-0.25, -0.2) is 8.42 Å². The second kappa shape index (κ2) is 6.35. The van der Waals surface area contributed by atoms with Crippen molar-refractivity contribution in [2.45, 2.75) is 88.7 Å². The van der Waals surface area contributed by atoms with E-state index in [9.17, 15) is 8.42 Å². The van der Waals surface area contributed by atoms with Gasteiger partial charge in [-0.15, -0.1) is 0 Å². The SMILES string of the molecule is CCNC1C(S(=O)(=O)C2CCCCC2)CCCC1(C)C. The van der Waals surface area contributed by atoms with Gasteiger partial charge in [-0.05, 0) is 37.6 Å². The molecule has 2 aliphatic rings. The smallest absolute Gasteiger partial charge is 0.157 e. The Balaban J connectivity index is 2.22. The molecule has 0 bridgehead atoms. The Morgan fingerprint density at radius 3 is 2.30 bits per heavy atom. The van der Waals surface area contributed by atoms with E-state index in [1.165, 1.54) is 6.42 Å². The minimum Gasteiger partial charge on any atom is -0.312 e. The van der Waals surface area contributed by atoms with Gasteiger partial charge in [0.25, 0.3) is 0 Å². The molecule has 0 spiro atoms. The van der Waals surface area contributed by atoms with Crippen LogP contribution in [0.2, 0.25) is 0 Å². The minimum absolute atomic E-state index is 0.0729. The zero-order chi connectivity index (χ0) is 14.8. The second-order valence-corrected chi connectivity index (χ2v) is 9.75. The summed E-state index contributed by atoms with van der Waals surface area (Å²) in [6.07, 6.45) is 8.18. The van der Waals surface area contributed by atoms with E-state index in [0.29, 0.717) is 0 Å². The Hall–Kier alpha value is -0.0900. The average molecular weight is 301 g/mol. The number of rotatable bonds is 4. The monoisotopic (exact) mass is 301 g/mol. The Morgan fingerprint density at radius 1 is 1.05 bits per heavy atom. The molecular formula is C16H31NO2S. The Morgan fingerprint density at radius 2 is 1.70 bits per heavy atom. The third-order valence-corrected chi connectivity index (χ3v) is 8.14. The maximum atomic E-state index is 13.1. The fraction of sp³-hybridized carbons (Fsp3) is 1.00. The minimum atomic E-state index is -2.99. The first kappa shape index (κ1) is 16.3. The van der Waals surface area contributed by atoms with Gasteiger partial charge >= 0.3 is 0 Å². The van der Waals surface area contributed by atoms with E-state index in [0.717, 1.165) is 51.5 Å². The fourth-order valence-electron chi connectivity index (χ4n) is 4.21. The van der Waals surface area contributed by atoms with Gasteiger partial charge in [-0.3, -0.25) is 0 Å². The van der Waals surface area contributed by atoms with Crippen molar-refractivity contribution in [1.29, 1.82) is 0 Å². The molecule has 2 fully saturated rings. The summed E-state index contributed by atoms with van der Waals surface area (Å²) in [7, 11) is -2.99. The van der Waals surface area contributed by atoms with Crippen molar-refractivity contribution in [2.24, 2.45) is 5.41 Å². The first-order valence-electron chi connectivity index (χ1n) is 8.35. The van der Waals surface area contributed by atoms with Gasteiger partial charge in [0, 0.05) is 6.04 Å². The molecule has 0 aliphatic heterocycles. The van der Waals surface area contributed by atoms with Crippen molar-refractivity contribution < 1.29 is 8.42 Å². The highest BCUT2D eigenvalue weighted by molar-refractivity contribution is 7.92. The summed E-state index contributed by atoms with van der Waals surface area (Å²) < 4.78 is 26.1. The maximum absolute atomic E-state index is 13.1. The van der Waals surface area contributed by atoms with Crippen molar-refractivity contribution in [2.75, 3.05) is 6.54 Å². The quantitative estimate of drug-likeness (QED) is 0.866. The van der Waals surface area contributed by atoms with Gasteiger partial charge in [0.1, 0.15) is 0 Å². The van der Waals surface area contributed by atoms with Gasteiger partial charge in [-0.1, -0.05) is 46.5 Å². The van der Waals surface area contributed by atoms with Crippen LogP contribution in [-0.4, -0.2) is 31.5 Å². The molecule has 0 aromatic carbocycles. The van der Waals surface area contributed by atoms with E-state index in [-0.39, 0.29) is 22.0 Å². The lowest BCUT2D eigenvalue weighted by atomic mass is 9.73. The highest BCUT2D eigenvalue weighted by Gasteiger charge is 2.46. The van der Waals surface area contributed by atoms with Crippen LogP contribution in [0, 0.1) is 5.41 Å². The summed E-state index contributed by atoms with van der Waals surface area (Å²) in [5, 5.41) is 3.25. The second-order valence-electron chi connectivity index (χ2n) is 7.30. The van der Waals surface area contributed by atoms with Crippen molar-refractivity contribution in [1.82, 2.24) is 5.32 Å². The first-order chi connectivity index (χ1) is 9.39. The average Bonchev–Trinajstić information content (AvgIpc) is 2.42. The Labute approximate surface area is 124 Å². The first-order valence-corrected chi connectivity index (χ1v) is 9.96. The zero-order valence-electron chi connectivity index (χ0n) is 13.3. The van der Waals surface area contributed by atoms with Crippen LogP contribution in [0.1, 0.15) is 72.1 Å². The van der Waals surface area contributed by atoms with E-state index >= 15 is 0 Å². The topological polar surface area (TPSA) is 46.2 Å². The number of hydrogen-bond donors (Lipinski definition) is 1. The summed E-state index contributed by atoms with van der Waals surface area (Å²) in [5.41, 5.74) is 0.0840. The molecule has 0 heterocycles. The van der Waals surface area contributed by atoms with Crippen molar-refractivity contribution in [3.8, 4) is 0 Å². The van der Waals surface area contributed by atoms with Crippen LogP contribution in [0.3, 0.4) is 0 Å². The van der Waals surface area contributed by atoms with E-state index in [1.54, 1.807) is 0 Å². The highest BCUT2D eigenvalue weighted by atomic mass is 32.2. The van der Waals surface area contributed by atoms with Crippen LogP contribution >= 0.6 is 0 Å². The lowest BCUT2D eigenvalue weighted by Crippen LogP contribution is -2.56. The number of hydrogen-bond acceptors (Lipinski definition) is 3. The molecule has 20 heavy (non-hydrogen) atoms. The van der Waals surface area contributed by atoms with Crippen LogP contribution in [-0.2, 0) is 9.84 Å². The standard InChI is InChI=1S/C16H31NO2S/c1-4-17-15-14(11-8-12-16(15,2)3)20(18,19)13-9-6-5-7-10-13/h13-15,17H,4-12H2,1-3H3. The van der Waals surface area contributed by atoms with Crippen LogP contribution in [0.15, 0.2) is 0 Å². The molecule has 0 amide bonds. The summed E-state index contributed by atoms with van der Waals surface area (Å²) in [6, 6.07) is 0.119. The molecule has 0 aromatic heterocycles. The number of nitrogens with one attached hydrogen (secondary N) is 1. The van der Waals surface area contributed by atoms with Crippen LogP contribution in [0.5, 0.6) is 0 Å². The molecular weight excluding hydrogens is 270 g/mol. The number of sulfone groups is 1. The van der Waals surface area contributed by atoms with Crippen molar-refractivity contribution >= 4 is 9.84 Å². The van der Waals surface area contributed by atoms with Gasteiger partial charge in [-0.2, -0.15) is 0 Å². The molecule has 2 aliphatic carbocycles. The van der Waals surface area contributed by atoms with E-state index in [1.807, 2.05) is 0 Å². The van der Waals surface area contributed by atoms with Gasteiger partial charge in [0.2, 0.25) is 0 Å². The summed E-state index contributed by atoms with van der Waals surface area (Å²) in [4.78, 5) is 0. The molecule has 0 saturated heterocycles. The molecule has 0 aromatic rings. The molecule has 2 atom stereocenters. The van der Waals surface area contributed by atoms with E-state index in [2.05, 4.69) is 26.1 Å². The Bertz CT molecular complexity index is 410. The normalized spacial score (nSPS) is 32.1. The molecule has 0 radical (unpaired) electrons. The van der Waals surface area contributed by atoms with E-state index < -0.39 is 9.84 Å². The van der Waals surface area contributed by atoms with Crippen LogP contribution in [0.4, 0.5) is 0 Å². The van der Waals surface area contributed by atoms with E-state index in [4.69, 9.17) is 0 Å². The zero-order valence-corrected chi connectivity index (χ0v) is 14.1. The highest BCUT2D eigenvalue weighted by Crippen LogP contribution is 2.41. The molecule has 2 saturated carbocycles. The van der Waals surface area contributed by atoms with Gasteiger partial charge in [0.05, 0.1) is 10.5 Å². The fourth-order valence-corrected chi connectivity index (χ4v) is 7.03. The Kier molecular flexibility index (Phi) is 5.17. The lowest BCUT2D eigenvalue weighted by Gasteiger charge is -2.45. The summed E-state index contributed by atoms with van der Waals surface area (Å²) >= 11 is 0. The maximum Gasteiger partial charge on any atom is 0.157 e. The molecule has 4 heteroatoms. The lowest BCUT2D eigenvalue weighted by molar-refractivity contribution is 0.172.